The van der Waals surface area contributed by atoms with Gasteiger partial charge in [-0.1, -0.05) is 6.08 Å². The molecular formula is C14H24N2O2S. The first-order chi connectivity index (χ1) is 9.31. The fourth-order valence-corrected chi connectivity index (χ4v) is 3.65. The lowest BCUT2D eigenvalue weighted by Gasteiger charge is -2.35. The lowest BCUT2D eigenvalue weighted by atomic mass is 10.2. The number of hydrogen-bond donors (Lipinski definition) is 0. The van der Waals surface area contributed by atoms with Gasteiger partial charge in [-0.25, -0.2) is 0 Å². The Balaban J connectivity index is 1.97. The van der Waals surface area contributed by atoms with Crippen LogP contribution in [0.5, 0.6) is 0 Å². The van der Waals surface area contributed by atoms with E-state index < -0.39 is 0 Å². The Kier molecular flexibility index (Phi) is 6.20. The van der Waals surface area contributed by atoms with Gasteiger partial charge in [0.25, 0.3) is 0 Å². The van der Waals surface area contributed by atoms with E-state index in [4.69, 9.17) is 4.74 Å². The number of morpholine rings is 1. The molecule has 0 spiro atoms. The molecule has 2 aliphatic rings. The summed E-state index contributed by atoms with van der Waals surface area (Å²) in [5.41, 5.74) is 0. The Morgan fingerprint density at radius 3 is 2.89 bits per heavy atom. The summed E-state index contributed by atoms with van der Waals surface area (Å²) in [5.74, 6) is 2.39. The molecular weight excluding hydrogens is 260 g/mol. The Morgan fingerprint density at radius 2 is 2.16 bits per heavy atom. The highest BCUT2D eigenvalue weighted by Crippen LogP contribution is 2.18. The summed E-state index contributed by atoms with van der Waals surface area (Å²) in [5, 5.41) is 0. The molecule has 0 saturated carbocycles. The number of thioether (sulfide) groups is 1. The Bertz CT molecular complexity index is 317. The van der Waals surface area contributed by atoms with Gasteiger partial charge in [0, 0.05) is 31.9 Å². The second-order valence-corrected chi connectivity index (χ2v) is 6.18. The molecule has 4 nitrogen and oxygen atoms in total. The maximum absolute atomic E-state index is 12.2. The van der Waals surface area contributed by atoms with Crippen LogP contribution in [0.1, 0.15) is 13.3 Å². The van der Waals surface area contributed by atoms with E-state index in [9.17, 15) is 4.79 Å². The average Bonchev–Trinajstić information content (AvgIpc) is 2.66. The van der Waals surface area contributed by atoms with Crippen molar-refractivity contribution in [1.82, 2.24) is 9.80 Å². The van der Waals surface area contributed by atoms with Crippen molar-refractivity contribution >= 4 is 17.7 Å². The van der Waals surface area contributed by atoms with Gasteiger partial charge in [-0.3, -0.25) is 9.69 Å². The van der Waals surface area contributed by atoms with E-state index in [-0.39, 0.29) is 5.91 Å². The van der Waals surface area contributed by atoms with E-state index in [0.717, 1.165) is 51.6 Å². The van der Waals surface area contributed by atoms with Crippen LogP contribution < -0.4 is 0 Å². The zero-order valence-electron chi connectivity index (χ0n) is 11.7. The minimum atomic E-state index is 0.170. The molecule has 0 radical (unpaired) electrons. The number of amides is 1. The van der Waals surface area contributed by atoms with Crippen LogP contribution >= 0.6 is 11.8 Å². The van der Waals surface area contributed by atoms with Crippen LogP contribution in [0.15, 0.2) is 12.2 Å². The van der Waals surface area contributed by atoms with Crippen LogP contribution in [-0.2, 0) is 9.53 Å². The maximum Gasteiger partial charge on any atom is 0.246 e. The third kappa shape index (κ3) is 4.51. The van der Waals surface area contributed by atoms with Crippen LogP contribution in [0.2, 0.25) is 0 Å². The highest BCUT2D eigenvalue weighted by Gasteiger charge is 2.26. The number of carbonyl (C=O) groups excluding carboxylic acids is 1. The number of hydrogen-bond acceptors (Lipinski definition) is 4. The lowest BCUT2D eigenvalue weighted by Crippen LogP contribution is -2.50. The Morgan fingerprint density at radius 1 is 1.37 bits per heavy atom. The van der Waals surface area contributed by atoms with E-state index in [1.54, 1.807) is 6.08 Å². The van der Waals surface area contributed by atoms with Gasteiger partial charge in [-0.15, -0.1) is 0 Å². The summed E-state index contributed by atoms with van der Waals surface area (Å²) < 4.78 is 5.39. The van der Waals surface area contributed by atoms with Gasteiger partial charge < -0.3 is 9.64 Å². The lowest BCUT2D eigenvalue weighted by molar-refractivity contribution is -0.128. The molecule has 2 heterocycles. The fourth-order valence-electron chi connectivity index (χ4n) is 2.59. The van der Waals surface area contributed by atoms with E-state index in [1.807, 2.05) is 24.8 Å². The van der Waals surface area contributed by atoms with Crippen molar-refractivity contribution in [3.05, 3.63) is 12.2 Å². The largest absolute Gasteiger partial charge is 0.379 e. The zero-order valence-corrected chi connectivity index (χ0v) is 12.5. The first kappa shape index (κ1) is 14.9. The SMILES string of the molecule is C/C=C/C(=O)N1CCCSCC1CN1CCOCC1. The molecule has 0 aromatic carbocycles. The van der Waals surface area contributed by atoms with Gasteiger partial charge >= 0.3 is 0 Å². The van der Waals surface area contributed by atoms with Crippen LogP contribution in [0.4, 0.5) is 0 Å². The van der Waals surface area contributed by atoms with Gasteiger partial charge in [-0.2, -0.15) is 11.8 Å². The minimum Gasteiger partial charge on any atom is -0.379 e. The quantitative estimate of drug-likeness (QED) is 0.730. The molecule has 2 aliphatic heterocycles. The predicted molar refractivity (Wildman–Crippen MR) is 79.5 cm³/mol. The molecule has 2 rings (SSSR count). The molecule has 0 bridgehead atoms. The summed E-state index contributed by atoms with van der Waals surface area (Å²) in [4.78, 5) is 16.7. The third-order valence-corrected chi connectivity index (χ3v) is 4.80. The molecule has 0 aliphatic carbocycles. The summed E-state index contributed by atoms with van der Waals surface area (Å²) >= 11 is 1.98. The van der Waals surface area contributed by atoms with Gasteiger partial charge in [0.1, 0.15) is 0 Å². The summed E-state index contributed by atoms with van der Waals surface area (Å²) in [6, 6.07) is 0.342. The van der Waals surface area contributed by atoms with E-state index >= 15 is 0 Å². The smallest absolute Gasteiger partial charge is 0.246 e. The fraction of sp³-hybridized carbons (Fsp3) is 0.786. The number of rotatable bonds is 3. The maximum atomic E-state index is 12.2. The van der Waals surface area contributed by atoms with Crippen molar-refractivity contribution in [2.75, 3.05) is 50.9 Å². The van der Waals surface area contributed by atoms with Crippen molar-refractivity contribution < 1.29 is 9.53 Å². The summed E-state index contributed by atoms with van der Waals surface area (Å²) in [7, 11) is 0. The molecule has 1 unspecified atom stereocenters. The second-order valence-electron chi connectivity index (χ2n) is 5.03. The number of ether oxygens (including phenoxy) is 1. The molecule has 1 amide bonds. The van der Waals surface area contributed by atoms with Crippen LogP contribution in [0.25, 0.3) is 0 Å². The molecule has 19 heavy (non-hydrogen) atoms. The summed E-state index contributed by atoms with van der Waals surface area (Å²) in [6.07, 6.45) is 4.64. The second kappa shape index (κ2) is 7.92. The molecule has 0 N–H and O–H groups in total. The zero-order chi connectivity index (χ0) is 13.5. The van der Waals surface area contributed by atoms with Crippen LogP contribution in [0, 0.1) is 0 Å². The highest BCUT2D eigenvalue weighted by atomic mass is 32.2. The number of nitrogens with zero attached hydrogens (tertiary/aromatic N) is 2. The van der Waals surface area contributed by atoms with Crippen molar-refractivity contribution in [3.63, 3.8) is 0 Å². The van der Waals surface area contributed by atoms with Crippen LogP contribution in [-0.4, -0.2) is 72.6 Å². The number of allylic oxidation sites excluding steroid dienone is 1. The highest BCUT2D eigenvalue weighted by molar-refractivity contribution is 7.99. The standard InChI is InChI=1S/C14H24N2O2S/c1-2-4-14(17)16-5-3-10-19-12-13(16)11-15-6-8-18-9-7-15/h2,4,13H,3,5-12H2,1H3/b4-2+. The molecule has 2 fully saturated rings. The minimum absolute atomic E-state index is 0.170. The molecule has 2 saturated heterocycles. The van der Waals surface area contributed by atoms with Crippen molar-refractivity contribution in [2.45, 2.75) is 19.4 Å². The topological polar surface area (TPSA) is 32.8 Å². The van der Waals surface area contributed by atoms with Gasteiger partial charge in [0.15, 0.2) is 0 Å². The van der Waals surface area contributed by atoms with Crippen molar-refractivity contribution in [1.29, 1.82) is 0 Å². The van der Waals surface area contributed by atoms with Gasteiger partial charge in [-0.05, 0) is 25.2 Å². The summed E-state index contributed by atoms with van der Waals surface area (Å²) in [6.45, 7) is 7.41. The van der Waals surface area contributed by atoms with Crippen LogP contribution in [0.3, 0.4) is 0 Å². The van der Waals surface area contributed by atoms with E-state index in [0.29, 0.717) is 6.04 Å². The molecule has 5 heteroatoms. The van der Waals surface area contributed by atoms with Gasteiger partial charge in [0.2, 0.25) is 5.91 Å². The molecule has 0 aromatic rings. The molecule has 108 valence electrons. The first-order valence-electron chi connectivity index (χ1n) is 7.12. The van der Waals surface area contributed by atoms with Crippen molar-refractivity contribution in [2.24, 2.45) is 0 Å². The Hall–Kier alpha value is -0.520. The molecule has 1 atom stereocenters. The number of carbonyl (C=O) groups is 1. The molecule has 0 aromatic heterocycles. The first-order valence-corrected chi connectivity index (χ1v) is 8.28. The van der Waals surface area contributed by atoms with Gasteiger partial charge in [0.05, 0.1) is 19.3 Å². The normalized spacial score (nSPS) is 26.6. The third-order valence-electron chi connectivity index (χ3n) is 3.60. The monoisotopic (exact) mass is 284 g/mol. The predicted octanol–water partition coefficient (Wildman–Crippen LogP) is 1.23. The van der Waals surface area contributed by atoms with E-state index in [2.05, 4.69) is 9.80 Å². The van der Waals surface area contributed by atoms with Crippen molar-refractivity contribution in [3.8, 4) is 0 Å². The Labute approximate surface area is 120 Å². The van der Waals surface area contributed by atoms with E-state index in [1.165, 1.54) is 5.75 Å². The average molecular weight is 284 g/mol.